The highest BCUT2D eigenvalue weighted by Gasteiger charge is 2.20. The second kappa shape index (κ2) is 17.0. The molecule has 0 aliphatic heterocycles. The second-order valence-corrected chi connectivity index (χ2v) is 14.8. The Morgan fingerprint density at radius 1 is 0.303 bits per heavy atom. The maximum Gasteiger partial charge on any atom is 0.199 e. The van der Waals surface area contributed by atoms with Crippen molar-refractivity contribution in [2.24, 2.45) is 0 Å². The fraction of sp³-hybridized carbons (Fsp3) is 0.0625. The van der Waals surface area contributed by atoms with E-state index >= 15 is 0 Å². The van der Waals surface area contributed by atoms with E-state index in [0.717, 1.165) is 18.2 Å². The second-order valence-electron chi connectivity index (χ2n) is 14.8. The Morgan fingerprint density at radius 2 is 0.545 bits per heavy atom. The lowest BCUT2D eigenvalue weighted by molar-refractivity contribution is 0.404. The van der Waals surface area contributed by atoms with Gasteiger partial charge in [-0.15, -0.1) is 0 Å². The average Bonchev–Trinajstić information content (AvgIpc) is 3.24. The van der Waals surface area contributed by atoms with Gasteiger partial charge in [-0.2, -0.15) is 0 Å². The van der Waals surface area contributed by atoms with Crippen molar-refractivity contribution in [1.82, 2.24) is 0 Å². The van der Waals surface area contributed by atoms with Crippen LogP contribution in [-0.2, 0) is 0 Å². The van der Waals surface area contributed by atoms with E-state index < -0.39 is 16.3 Å². The van der Waals surface area contributed by atoms with Gasteiger partial charge in [0.05, 0.1) is 0 Å². The topological polar surface area (TPSA) is 333 Å². The van der Waals surface area contributed by atoms with Gasteiger partial charge < -0.3 is 74.5 Å². The fourth-order valence-corrected chi connectivity index (χ4v) is 6.94. The van der Waals surface area contributed by atoms with Crippen molar-refractivity contribution in [3.8, 4) is 103 Å². The van der Waals surface area contributed by atoms with E-state index in [1.54, 1.807) is 0 Å². The molecule has 0 atom stereocenters. The van der Waals surface area contributed by atoms with Crippen molar-refractivity contribution in [2.75, 3.05) is 0 Å². The third-order valence-electron chi connectivity index (χ3n) is 10.3. The van der Waals surface area contributed by atoms with Crippen molar-refractivity contribution >= 4 is 32.9 Å². The summed E-state index contributed by atoms with van der Waals surface area (Å²) in [6, 6.07) is 18.9. The van der Waals surface area contributed by atoms with Gasteiger partial charge in [0.25, 0.3) is 0 Å². The molecule has 66 heavy (non-hydrogen) atoms. The molecule has 3 heterocycles. The SMILES string of the molecule is Cc1c(-c2ccc(O)c(O)c2)oc2cc(O)cc(O)c2c1=O.Cc1c(-c2ccc(O)c(O)c2)oc2cc(O)cc(O)c2c1=O.Cc1c(-c2ccc(O)c(O)c2)oc2cc(O)cc(O)c2c1=O. The number of fused-ring (bicyclic) bond motifs is 3. The molecule has 0 aliphatic carbocycles. The highest BCUT2D eigenvalue weighted by Crippen LogP contribution is 2.38. The van der Waals surface area contributed by atoms with Crippen LogP contribution in [0.25, 0.3) is 66.9 Å². The molecule has 9 aromatic rings. The van der Waals surface area contributed by atoms with Crippen LogP contribution < -0.4 is 16.3 Å². The van der Waals surface area contributed by atoms with Crippen LogP contribution >= 0.6 is 0 Å². The zero-order valence-electron chi connectivity index (χ0n) is 34.5. The van der Waals surface area contributed by atoms with Gasteiger partial charge in [-0.05, 0) is 75.4 Å². The maximum atomic E-state index is 12.4. The Labute approximate surface area is 368 Å². The van der Waals surface area contributed by atoms with Crippen molar-refractivity contribution in [3.63, 3.8) is 0 Å². The molecule has 6 aromatic carbocycles. The molecule has 0 amide bonds. The largest absolute Gasteiger partial charge is 0.508 e. The zero-order chi connectivity index (χ0) is 48.0. The lowest BCUT2D eigenvalue weighted by Gasteiger charge is -2.09. The van der Waals surface area contributed by atoms with Crippen LogP contribution in [-0.4, -0.2) is 61.3 Å². The Bertz CT molecular complexity index is 3240. The van der Waals surface area contributed by atoms with Crippen LogP contribution in [0.4, 0.5) is 0 Å². The van der Waals surface area contributed by atoms with E-state index in [9.17, 15) is 75.7 Å². The van der Waals surface area contributed by atoms with E-state index in [0.29, 0.717) is 16.7 Å². The number of hydrogen-bond acceptors (Lipinski definition) is 18. The standard InChI is InChI=1S/3C16H12O6/c3*1-7-15(21)14-12(20)5-9(17)6-13(14)22-16(7)8-2-3-10(18)11(19)4-8/h3*2-6,17-20H,1H3. The summed E-state index contributed by atoms with van der Waals surface area (Å²) in [4.78, 5) is 37.2. The molecule has 0 radical (unpaired) electrons. The minimum atomic E-state index is -0.443. The molecule has 12 N–H and O–H groups in total. The predicted octanol–water partition coefficient (Wildman–Crippen LogP) is 7.77. The first-order valence-corrected chi connectivity index (χ1v) is 19.2. The van der Waals surface area contributed by atoms with Gasteiger partial charge in [0.2, 0.25) is 0 Å². The minimum Gasteiger partial charge on any atom is -0.508 e. The molecule has 3 aromatic heterocycles. The number of rotatable bonds is 3. The number of aromatic hydroxyl groups is 12. The normalized spacial score (nSPS) is 11.0. The molecule has 0 saturated heterocycles. The Hall–Kier alpha value is -9.45. The summed E-state index contributed by atoms with van der Waals surface area (Å²) in [5.41, 5.74) is 0.598. The molecule has 18 nitrogen and oxygen atoms in total. The van der Waals surface area contributed by atoms with E-state index in [2.05, 4.69) is 0 Å². The van der Waals surface area contributed by atoms with E-state index in [1.807, 2.05) is 0 Å². The van der Waals surface area contributed by atoms with Crippen molar-refractivity contribution in [3.05, 3.63) is 138 Å². The van der Waals surface area contributed by atoms with Crippen molar-refractivity contribution in [2.45, 2.75) is 20.8 Å². The quantitative estimate of drug-likeness (QED) is 0.0753. The van der Waals surface area contributed by atoms with Crippen LogP contribution in [0, 0.1) is 20.8 Å². The first kappa shape index (κ1) is 44.6. The third kappa shape index (κ3) is 8.27. The molecular weight excluding hydrogens is 865 g/mol. The molecular formula is C48H36O18. The third-order valence-corrected chi connectivity index (χ3v) is 10.3. The van der Waals surface area contributed by atoms with Gasteiger partial charge in [-0.1, -0.05) is 0 Å². The minimum absolute atomic E-state index is 0.0238. The Morgan fingerprint density at radius 3 is 0.773 bits per heavy atom. The molecule has 0 saturated carbocycles. The van der Waals surface area contributed by atoms with Gasteiger partial charge in [0.15, 0.2) is 50.8 Å². The summed E-state index contributed by atoms with van der Waals surface area (Å²) in [5, 5.41) is 115. The van der Waals surface area contributed by atoms with E-state index in [4.69, 9.17) is 13.3 Å². The van der Waals surface area contributed by atoms with Gasteiger partial charge in [0.1, 0.15) is 84.7 Å². The molecule has 336 valence electrons. The molecule has 0 aliphatic rings. The van der Waals surface area contributed by atoms with Gasteiger partial charge in [0, 0.05) is 69.8 Å². The molecule has 9 rings (SSSR count). The molecule has 0 unspecified atom stereocenters. The molecule has 0 fully saturated rings. The Kier molecular flexibility index (Phi) is 11.5. The van der Waals surface area contributed by atoms with Crippen LogP contribution in [0.2, 0.25) is 0 Å². The molecule has 0 bridgehead atoms. The van der Waals surface area contributed by atoms with Gasteiger partial charge in [-0.3, -0.25) is 14.4 Å². The van der Waals surface area contributed by atoms with Crippen molar-refractivity contribution < 1.29 is 74.5 Å². The van der Waals surface area contributed by atoms with Crippen LogP contribution in [0.1, 0.15) is 16.7 Å². The number of hydrogen-bond donors (Lipinski definition) is 12. The summed E-state index contributed by atoms with van der Waals surface area (Å²) in [5.74, 6) is -3.21. The first-order chi connectivity index (χ1) is 31.1. The first-order valence-electron chi connectivity index (χ1n) is 19.2. The number of phenolic OH excluding ortho intramolecular Hbond substituents is 12. The summed E-state index contributed by atoms with van der Waals surface area (Å²) in [6.07, 6.45) is 0. The van der Waals surface area contributed by atoms with E-state index in [1.165, 1.54) is 93.6 Å². The smallest absolute Gasteiger partial charge is 0.199 e. The average molecular weight is 901 g/mol. The highest BCUT2D eigenvalue weighted by atomic mass is 16.4. The summed E-state index contributed by atoms with van der Waals surface area (Å²) in [6.45, 7) is 4.57. The lowest BCUT2D eigenvalue weighted by atomic mass is 10.0. The van der Waals surface area contributed by atoms with Gasteiger partial charge >= 0.3 is 0 Å². The lowest BCUT2D eigenvalue weighted by Crippen LogP contribution is -2.07. The maximum absolute atomic E-state index is 12.4. The molecule has 18 heteroatoms. The number of benzene rings is 6. The highest BCUT2D eigenvalue weighted by molar-refractivity contribution is 5.89. The summed E-state index contributed by atoms with van der Waals surface area (Å²) >= 11 is 0. The van der Waals surface area contributed by atoms with Gasteiger partial charge in [-0.25, -0.2) is 0 Å². The van der Waals surface area contributed by atoms with Crippen LogP contribution in [0.15, 0.2) is 119 Å². The van der Waals surface area contributed by atoms with E-state index in [-0.39, 0.29) is 136 Å². The predicted molar refractivity (Wildman–Crippen MR) is 238 cm³/mol. The zero-order valence-corrected chi connectivity index (χ0v) is 34.5. The summed E-state index contributed by atoms with van der Waals surface area (Å²) < 4.78 is 16.8. The fourth-order valence-electron chi connectivity index (χ4n) is 6.94. The monoisotopic (exact) mass is 900 g/mol. The number of phenols is 12. The molecule has 0 spiro atoms. The van der Waals surface area contributed by atoms with Crippen LogP contribution in [0.3, 0.4) is 0 Å². The Balaban J connectivity index is 0.000000147. The summed E-state index contributed by atoms with van der Waals surface area (Å²) in [7, 11) is 0. The van der Waals surface area contributed by atoms with Crippen LogP contribution in [0.5, 0.6) is 69.0 Å². The van der Waals surface area contributed by atoms with Crippen molar-refractivity contribution in [1.29, 1.82) is 0 Å².